The van der Waals surface area contributed by atoms with E-state index in [1.165, 1.54) is 0 Å². The molecule has 3 aromatic rings. The Balaban J connectivity index is 1.35. The van der Waals surface area contributed by atoms with Crippen LogP contribution >= 0.6 is 11.6 Å². The lowest BCUT2D eigenvalue weighted by Gasteiger charge is -2.12. The maximum Gasteiger partial charge on any atom is 0.122 e. The zero-order valence-electron chi connectivity index (χ0n) is 16.8. The Labute approximate surface area is 177 Å². The molecule has 3 aromatic carbocycles. The van der Waals surface area contributed by atoms with E-state index in [2.05, 4.69) is 5.32 Å². The normalized spacial score (nSPS) is 10.4. The first-order chi connectivity index (χ1) is 14.1. The van der Waals surface area contributed by atoms with E-state index in [9.17, 15) is 0 Å². The molecule has 0 unspecified atom stereocenters. The highest BCUT2D eigenvalue weighted by molar-refractivity contribution is 6.32. The predicted octanol–water partition coefficient (Wildman–Crippen LogP) is 5.91. The summed E-state index contributed by atoms with van der Waals surface area (Å²) in [6.07, 6.45) is 0. The number of hydrogen-bond donors (Lipinski definition) is 1. The van der Waals surface area contributed by atoms with Crippen LogP contribution in [0.25, 0.3) is 0 Å². The van der Waals surface area contributed by atoms with Crippen molar-refractivity contribution < 1.29 is 14.2 Å². The van der Waals surface area contributed by atoms with Gasteiger partial charge in [-0.1, -0.05) is 29.8 Å². The highest BCUT2D eigenvalue weighted by Crippen LogP contribution is 2.25. The number of aryl methyl sites for hydroxylation is 2. The summed E-state index contributed by atoms with van der Waals surface area (Å²) in [6.45, 7) is 6.23. The number of para-hydroxylation sites is 1. The van der Waals surface area contributed by atoms with Crippen LogP contribution in [0.2, 0.25) is 5.02 Å². The van der Waals surface area contributed by atoms with Gasteiger partial charge in [-0.25, -0.2) is 0 Å². The van der Waals surface area contributed by atoms with Crippen molar-refractivity contribution in [3.63, 3.8) is 0 Å². The van der Waals surface area contributed by atoms with Gasteiger partial charge in [-0.2, -0.15) is 0 Å². The van der Waals surface area contributed by atoms with Crippen LogP contribution < -0.4 is 19.5 Å². The van der Waals surface area contributed by atoms with Crippen molar-refractivity contribution in [3.05, 3.63) is 82.9 Å². The molecule has 0 aliphatic carbocycles. The second-order valence-electron chi connectivity index (χ2n) is 6.68. The van der Waals surface area contributed by atoms with Gasteiger partial charge in [-0.15, -0.1) is 0 Å². The van der Waals surface area contributed by atoms with E-state index in [4.69, 9.17) is 25.8 Å². The fraction of sp³-hybridized carbons (Fsp3) is 0.250. The minimum atomic E-state index is 0.495. The Kier molecular flexibility index (Phi) is 7.65. The van der Waals surface area contributed by atoms with Crippen LogP contribution in [-0.4, -0.2) is 26.4 Å². The van der Waals surface area contributed by atoms with Gasteiger partial charge in [0.25, 0.3) is 0 Å². The van der Waals surface area contributed by atoms with Crippen molar-refractivity contribution in [2.75, 3.05) is 31.7 Å². The van der Waals surface area contributed by atoms with Crippen LogP contribution in [0.3, 0.4) is 0 Å². The first-order valence-electron chi connectivity index (χ1n) is 9.66. The molecule has 4 nitrogen and oxygen atoms in total. The third-order valence-electron chi connectivity index (χ3n) is 4.33. The van der Waals surface area contributed by atoms with Crippen molar-refractivity contribution >= 4 is 17.3 Å². The lowest BCUT2D eigenvalue weighted by molar-refractivity contribution is 0.217. The SMILES string of the molecule is Cc1cc(OCCNc2ccc(OCCOc3ccccc3)cc2)cc(C)c1Cl. The maximum atomic E-state index is 6.19. The van der Waals surface area contributed by atoms with Gasteiger partial charge in [0.05, 0.1) is 0 Å². The molecule has 0 atom stereocenters. The second-order valence-corrected chi connectivity index (χ2v) is 7.06. The Hall–Kier alpha value is -2.85. The highest BCUT2D eigenvalue weighted by atomic mass is 35.5. The van der Waals surface area contributed by atoms with Gasteiger partial charge < -0.3 is 19.5 Å². The third kappa shape index (κ3) is 6.61. The average molecular weight is 412 g/mol. The first-order valence-corrected chi connectivity index (χ1v) is 10.0. The molecule has 0 aliphatic heterocycles. The van der Waals surface area contributed by atoms with Gasteiger partial charge >= 0.3 is 0 Å². The van der Waals surface area contributed by atoms with Gasteiger partial charge in [0.15, 0.2) is 0 Å². The Morgan fingerprint density at radius 2 is 1.24 bits per heavy atom. The number of nitrogens with one attached hydrogen (secondary N) is 1. The number of benzene rings is 3. The summed E-state index contributed by atoms with van der Waals surface area (Å²) in [5, 5.41) is 4.14. The molecule has 29 heavy (non-hydrogen) atoms. The molecule has 0 aromatic heterocycles. The van der Waals surface area contributed by atoms with Crippen molar-refractivity contribution in [2.24, 2.45) is 0 Å². The molecule has 0 bridgehead atoms. The van der Waals surface area contributed by atoms with Crippen LogP contribution in [0, 0.1) is 13.8 Å². The van der Waals surface area contributed by atoms with Crippen LogP contribution in [0.5, 0.6) is 17.2 Å². The van der Waals surface area contributed by atoms with Crippen molar-refractivity contribution in [1.29, 1.82) is 0 Å². The van der Waals surface area contributed by atoms with Gasteiger partial charge in [0.2, 0.25) is 0 Å². The average Bonchev–Trinajstić information content (AvgIpc) is 2.74. The van der Waals surface area contributed by atoms with E-state index in [0.717, 1.165) is 39.1 Å². The molecule has 152 valence electrons. The smallest absolute Gasteiger partial charge is 0.122 e. The van der Waals surface area contributed by atoms with E-state index < -0.39 is 0 Å². The zero-order chi connectivity index (χ0) is 20.5. The quantitative estimate of drug-likeness (QED) is 0.421. The van der Waals surface area contributed by atoms with E-state index in [-0.39, 0.29) is 0 Å². The molecule has 3 rings (SSSR count). The summed E-state index contributed by atoms with van der Waals surface area (Å²) in [5.41, 5.74) is 3.07. The summed E-state index contributed by atoms with van der Waals surface area (Å²) in [6, 6.07) is 21.5. The minimum absolute atomic E-state index is 0.495. The van der Waals surface area contributed by atoms with E-state index in [1.807, 2.05) is 80.6 Å². The Bertz CT molecular complexity index is 875. The molecule has 0 spiro atoms. The molecular weight excluding hydrogens is 386 g/mol. The molecule has 5 heteroatoms. The van der Waals surface area contributed by atoms with Gasteiger partial charge in [0.1, 0.15) is 37.1 Å². The molecule has 1 N–H and O–H groups in total. The standard InChI is InChI=1S/C24H26ClNO3/c1-18-16-23(17-19(2)24(18)25)27-13-12-26-20-8-10-22(11-9-20)29-15-14-28-21-6-4-3-5-7-21/h3-11,16-17,26H,12-15H2,1-2H3. The van der Waals surface area contributed by atoms with Crippen LogP contribution in [0.1, 0.15) is 11.1 Å². The number of halogens is 1. The zero-order valence-corrected chi connectivity index (χ0v) is 17.5. The molecule has 0 saturated heterocycles. The van der Waals surface area contributed by atoms with Crippen molar-refractivity contribution in [3.8, 4) is 17.2 Å². The molecule has 0 amide bonds. The fourth-order valence-electron chi connectivity index (χ4n) is 2.86. The molecule has 0 fully saturated rings. The van der Waals surface area contributed by atoms with Crippen LogP contribution in [0.4, 0.5) is 5.69 Å². The van der Waals surface area contributed by atoms with Gasteiger partial charge in [-0.05, 0) is 73.5 Å². The van der Waals surface area contributed by atoms with Gasteiger partial charge in [-0.3, -0.25) is 0 Å². The van der Waals surface area contributed by atoms with E-state index >= 15 is 0 Å². The van der Waals surface area contributed by atoms with E-state index in [0.29, 0.717) is 26.4 Å². The summed E-state index contributed by atoms with van der Waals surface area (Å²) in [7, 11) is 0. The summed E-state index contributed by atoms with van der Waals surface area (Å²) in [5.74, 6) is 2.50. The van der Waals surface area contributed by atoms with Crippen LogP contribution in [0.15, 0.2) is 66.7 Å². The van der Waals surface area contributed by atoms with Gasteiger partial charge in [0, 0.05) is 17.3 Å². The number of hydrogen-bond acceptors (Lipinski definition) is 4. The second kappa shape index (κ2) is 10.6. The molecule has 0 radical (unpaired) electrons. The molecular formula is C24H26ClNO3. The number of ether oxygens (including phenoxy) is 3. The lowest BCUT2D eigenvalue weighted by Crippen LogP contribution is -2.12. The number of rotatable bonds is 10. The first kappa shape index (κ1) is 20.9. The third-order valence-corrected chi connectivity index (χ3v) is 4.92. The molecule has 0 aliphatic rings. The highest BCUT2D eigenvalue weighted by Gasteiger charge is 2.03. The molecule has 0 saturated carbocycles. The topological polar surface area (TPSA) is 39.7 Å². The van der Waals surface area contributed by atoms with Crippen LogP contribution in [-0.2, 0) is 0 Å². The fourth-order valence-corrected chi connectivity index (χ4v) is 2.97. The summed E-state index contributed by atoms with van der Waals surface area (Å²) in [4.78, 5) is 0. The Morgan fingerprint density at radius 1 is 0.690 bits per heavy atom. The Morgan fingerprint density at radius 3 is 1.86 bits per heavy atom. The predicted molar refractivity (Wildman–Crippen MR) is 119 cm³/mol. The largest absolute Gasteiger partial charge is 0.492 e. The minimum Gasteiger partial charge on any atom is -0.492 e. The molecule has 0 heterocycles. The number of anilines is 1. The monoisotopic (exact) mass is 411 g/mol. The summed E-state index contributed by atoms with van der Waals surface area (Å²) >= 11 is 6.19. The maximum absolute atomic E-state index is 6.19. The lowest BCUT2D eigenvalue weighted by atomic mass is 10.1. The summed E-state index contributed by atoms with van der Waals surface area (Å²) < 4.78 is 17.1. The van der Waals surface area contributed by atoms with Crippen molar-refractivity contribution in [2.45, 2.75) is 13.8 Å². The van der Waals surface area contributed by atoms with E-state index in [1.54, 1.807) is 0 Å². The van der Waals surface area contributed by atoms with Crippen molar-refractivity contribution in [1.82, 2.24) is 0 Å².